The van der Waals surface area contributed by atoms with E-state index in [2.05, 4.69) is 5.16 Å². The Labute approximate surface area is 117 Å². The molecule has 106 valence electrons. The number of hydrogen-bond donors (Lipinski definition) is 1. The molecule has 0 saturated heterocycles. The number of aromatic nitrogens is 1. The summed E-state index contributed by atoms with van der Waals surface area (Å²) in [4.78, 5) is 0. The van der Waals surface area contributed by atoms with Crippen LogP contribution >= 0.6 is 0 Å². The van der Waals surface area contributed by atoms with Crippen molar-refractivity contribution in [1.82, 2.24) is 5.16 Å². The van der Waals surface area contributed by atoms with Gasteiger partial charge in [-0.2, -0.15) is 0 Å². The van der Waals surface area contributed by atoms with Crippen molar-refractivity contribution in [2.45, 2.75) is 0 Å². The summed E-state index contributed by atoms with van der Waals surface area (Å²) in [5.41, 5.74) is 6.75. The number of halogens is 3. The smallest absolute Gasteiger partial charge is 0.230 e. The molecular formula is C15H9F3N2O. The van der Waals surface area contributed by atoms with Crippen molar-refractivity contribution in [3.63, 3.8) is 0 Å². The lowest BCUT2D eigenvalue weighted by Crippen LogP contribution is -1.91. The highest BCUT2D eigenvalue weighted by molar-refractivity contribution is 5.86. The molecule has 1 heterocycles. The fourth-order valence-corrected chi connectivity index (χ4v) is 2.06. The number of benzene rings is 2. The van der Waals surface area contributed by atoms with Crippen LogP contribution in [0.3, 0.4) is 0 Å². The van der Waals surface area contributed by atoms with Gasteiger partial charge in [-0.3, -0.25) is 0 Å². The van der Waals surface area contributed by atoms with Crippen LogP contribution in [-0.4, -0.2) is 5.16 Å². The number of nitrogens with two attached hydrogens (primary N) is 1. The highest BCUT2D eigenvalue weighted by atomic mass is 19.1. The molecule has 0 aliphatic rings. The van der Waals surface area contributed by atoms with E-state index < -0.39 is 17.5 Å². The van der Waals surface area contributed by atoms with Gasteiger partial charge in [-0.25, -0.2) is 13.2 Å². The first-order valence-electron chi connectivity index (χ1n) is 6.03. The maximum atomic E-state index is 13.9. The average molecular weight is 290 g/mol. The van der Waals surface area contributed by atoms with Crippen LogP contribution in [-0.2, 0) is 0 Å². The van der Waals surface area contributed by atoms with Gasteiger partial charge in [0.15, 0.2) is 0 Å². The number of nitrogens with zero attached hydrogens (tertiary/aromatic N) is 1. The van der Waals surface area contributed by atoms with Gasteiger partial charge < -0.3 is 10.3 Å². The maximum absolute atomic E-state index is 13.9. The van der Waals surface area contributed by atoms with Gasteiger partial charge in [0.25, 0.3) is 0 Å². The molecule has 0 radical (unpaired) electrons. The zero-order valence-electron chi connectivity index (χ0n) is 10.6. The van der Waals surface area contributed by atoms with Crippen LogP contribution in [0.4, 0.5) is 19.1 Å². The quantitative estimate of drug-likeness (QED) is 0.776. The number of nitrogen functional groups attached to an aromatic ring is 1. The Bertz CT molecular complexity index is 797. The van der Waals surface area contributed by atoms with Gasteiger partial charge in [0.05, 0.1) is 5.56 Å². The molecule has 0 aliphatic heterocycles. The van der Waals surface area contributed by atoms with Gasteiger partial charge in [0, 0.05) is 11.6 Å². The van der Waals surface area contributed by atoms with Crippen LogP contribution in [0.25, 0.3) is 22.4 Å². The molecule has 0 bridgehead atoms. The maximum Gasteiger partial charge on any atom is 0.230 e. The second-order valence-corrected chi connectivity index (χ2v) is 4.40. The third-order valence-electron chi connectivity index (χ3n) is 3.04. The van der Waals surface area contributed by atoms with E-state index in [0.717, 1.165) is 12.1 Å². The predicted molar refractivity (Wildman–Crippen MR) is 71.7 cm³/mol. The molecule has 21 heavy (non-hydrogen) atoms. The molecule has 0 amide bonds. The molecule has 0 saturated carbocycles. The average Bonchev–Trinajstić information content (AvgIpc) is 2.82. The lowest BCUT2D eigenvalue weighted by Gasteiger charge is -2.04. The van der Waals surface area contributed by atoms with Crippen molar-refractivity contribution < 1.29 is 17.7 Å². The summed E-state index contributed by atoms with van der Waals surface area (Å²) >= 11 is 0. The second kappa shape index (κ2) is 4.97. The highest BCUT2D eigenvalue weighted by Crippen LogP contribution is 2.37. The zero-order valence-corrected chi connectivity index (χ0v) is 10.6. The van der Waals surface area contributed by atoms with E-state index in [1.165, 1.54) is 30.3 Å². The lowest BCUT2D eigenvalue weighted by atomic mass is 10.0. The van der Waals surface area contributed by atoms with E-state index in [0.29, 0.717) is 11.1 Å². The van der Waals surface area contributed by atoms with Gasteiger partial charge >= 0.3 is 0 Å². The number of hydrogen-bond acceptors (Lipinski definition) is 3. The molecule has 1 aromatic heterocycles. The van der Waals surface area contributed by atoms with Crippen LogP contribution in [0.5, 0.6) is 0 Å². The Morgan fingerprint density at radius 1 is 0.905 bits per heavy atom. The molecule has 2 aromatic carbocycles. The fourth-order valence-electron chi connectivity index (χ4n) is 2.06. The molecular weight excluding hydrogens is 281 g/mol. The van der Waals surface area contributed by atoms with Crippen molar-refractivity contribution in [3.05, 3.63) is 59.9 Å². The normalized spacial score (nSPS) is 10.8. The van der Waals surface area contributed by atoms with E-state index in [9.17, 15) is 13.2 Å². The predicted octanol–water partition coefficient (Wildman–Crippen LogP) is 4.01. The molecule has 3 aromatic rings. The SMILES string of the molecule is Nc1onc(-c2ccc(F)cc2F)c1-c1ccc(F)cc1. The zero-order chi connectivity index (χ0) is 15.0. The van der Waals surface area contributed by atoms with E-state index in [1.807, 2.05) is 0 Å². The van der Waals surface area contributed by atoms with Gasteiger partial charge in [-0.15, -0.1) is 0 Å². The summed E-state index contributed by atoms with van der Waals surface area (Å²) in [6.45, 7) is 0. The van der Waals surface area contributed by atoms with Gasteiger partial charge in [0.2, 0.25) is 5.88 Å². The van der Waals surface area contributed by atoms with E-state index in [1.54, 1.807) is 0 Å². The second-order valence-electron chi connectivity index (χ2n) is 4.40. The Morgan fingerprint density at radius 3 is 2.24 bits per heavy atom. The summed E-state index contributed by atoms with van der Waals surface area (Å²) in [5, 5.41) is 3.72. The Morgan fingerprint density at radius 2 is 1.57 bits per heavy atom. The standard InChI is InChI=1S/C15H9F3N2O/c16-9-3-1-8(2-4-9)13-14(20-21-15(13)19)11-6-5-10(17)7-12(11)18/h1-7H,19H2. The van der Waals surface area contributed by atoms with E-state index in [-0.39, 0.29) is 17.1 Å². The Kier molecular flexibility index (Phi) is 3.13. The first-order valence-corrected chi connectivity index (χ1v) is 6.03. The molecule has 3 nitrogen and oxygen atoms in total. The van der Waals surface area contributed by atoms with Gasteiger partial charge in [-0.1, -0.05) is 17.3 Å². The summed E-state index contributed by atoms with van der Waals surface area (Å²) < 4.78 is 44.8. The Hall–Kier alpha value is -2.76. The first kappa shape index (κ1) is 13.2. The first-order chi connectivity index (χ1) is 10.1. The minimum absolute atomic E-state index is 0.0275. The van der Waals surface area contributed by atoms with Crippen molar-refractivity contribution in [2.75, 3.05) is 5.73 Å². The monoisotopic (exact) mass is 290 g/mol. The van der Waals surface area contributed by atoms with Crippen LogP contribution < -0.4 is 5.73 Å². The van der Waals surface area contributed by atoms with Crippen LogP contribution in [0.1, 0.15) is 0 Å². The van der Waals surface area contributed by atoms with Crippen LogP contribution in [0.15, 0.2) is 47.0 Å². The minimum atomic E-state index is -0.785. The van der Waals surface area contributed by atoms with E-state index >= 15 is 0 Å². The van der Waals surface area contributed by atoms with Crippen molar-refractivity contribution in [2.24, 2.45) is 0 Å². The highest BCUT2D eigenvalue weighted by Gasteiger charge is 2.20. The summed E-state index contributed by atoms with van der Waals surface area (Å²) in [6, 6.07) is 8.53. The van der Waals surface area contributed by atoms with Crippen molar-refractivity contribution in [1.29, 1.82) is 0 Å². The molecule has 0 unspecified atom stereocenters. The Balaban J connectivity index is 2.19. The third kappa shape index (κ3) is 2.35. The van der Waals surface area contributed by atoms with Crippen molar-refractivity contribution in [3.8, 4) is 22.4 Å². The lowest BCUT2D eigenvalue weighted by molar-refractivity contribution is 0.439. The summed E-state index contributed by atoms with van der Waals surface area (Å²) in [7, 11) is 0. The molecule has 0 spiro atoms. The van der Waals surface area contributed by atoms with Gasteiger partial charge in [0.1, 0.15) is 23.1 Å². The summed E-state index contributed by atoms with van der Waals surface area (Å²) in [6.07, 6.45) is 0. The van der Waals surface area contributed by atoms with Gasteiger partial charge in [-0.05, 0) is 29.8 Å². The molecule has 0 atom stereocenters. The molecule has 2 N–H and O–H groups in total. The minimum Gasteiger partial charge on any atom is -0.367 e. The fraction of sp³-hybridized carbons (Fsp3) is 0. The molecule has 0 fully saturated rings. The molecule has 3 rings (SSSR count). The molecule has 0 aliphatic carbocycles. The summed E-state index contributed by atoms with van der Waals surface area (Å²) in [5.74, 6) is -1.92. The number of anilines is 1. The van der Waals surface area contributed by atoms with E-state index in [4.69, 9.17) is 10.3 Å². The topological polar surface area (TPSA) is 52.0 Å². The largest absolute Gasteiger partial charge is 0.367 e. The van der Waals surface area contributed by atoms with Crippen LogP contribution in [0.2, 0.25) is 0 Å². The third-order valence-corrected chi connectivity index (χ3v) is 3.04. The number of rotatable bonds is 2. The van der Waals surface area contributed by atoms with Crippen molar-refractivity contribution >= 4 is 5.88 Å². The molecule has 6 heteroatoms. The van der Waals surface area contributed by atoms with Crippen LogP contribution in [0, 0.1) is 17.5 Å².